The number of carbonyl (C=O) groups excluding carboxylic acids is 3. The monoisotopic (exact) mass is 883 g/mol. The number of Topliss-reactive ketones (excluding diaryl/α,β-unsaturated/α-hetero) is 1. The molecule has 0 amide bonds. The minimum atomic E-state index is -1.28. The summed E-state index contributed by atoms with van der Waals surface area (Å²) in [5.41, 5.74) is 10.4. The van der Waals surface area contributed by atoms with E-state index in [-0.39, 0.29) is 25.4 Å². The first-order valence-corrected chi connectivity index (χ1v) is 23.8. The number of aliphatic hydroxyl groups excluding tert-OH is 1. The lowest BCUT2D eigenvalue weighted by Gasteiger charge is -2.15. The lowest BCUT2D eigenvalue weighted by Crippen LogP contribution is -2.23. The topological polar surface area (TPSA) is 143 Å². The summed E-state index contributed by atoms with van der Waals surface area (Å²) in [5.74, 6) is -0.452. The number of aromatic amines is 1. The lowest BCUT2D eigenvalue weighted by molar-refractivity contribution is -0.146. The molecule has 3 unspecified atom stereocenters. The van der Waals surface area contributed by atoms with Crippen LogP contribution in [0.15, 0.2) is 102 Å². The van der Waals surface area contributed by atoms with Crippen molar-refractivity contribution in [2.24, 2.45) is 38.6 Å². The van der Waals surface area contributed by atoms with E-state index in [1.807, 2.05) is 52.0 Å². The van der Waals surface area contributed by atoms with Crippen LogP contribution in [-0.4, -0.2) is 58.7 Å². The van der Waals surface area contributed by atoms with E-state index in [0.717, 1.165) is 69.5 Å². The molecule has 0 saturated heterocycles. The summed E-state index contributed by atoms with van der Waals surface area (Å²) in [6, 6.07) is 0. The van der Waals surface area contributed by atoms with Crippen molar-refractivity contribution in [1.82, 2.24) is 4.98 Å². The molecule has 10 nitrogen and oxygen atoms in total. The predicted octanol–water partition coefficient (Wildman–Crippen LogP) is 10.9. The van der Waals surface area contributed by atoms with Crippen LogP contribution in [0.25, 0.3) is 18.2 Å². The van der Waals surface area contributed by atoms with E-state index < -0.39 is 17.7 Å². The summed E-state index contributed by atoms with van der Waals surface area (Å²) >= 11 is 0. The molecule has 3 atom stereocenters. The highest BCUT2D eigenvalue weighted by molar-refractivity contribution is 6.43. The van der Waals surface area contributed by atoms with Crippen LogP contribution in [0.3, 0.4) is 0 Å². The number of fused-ring (bicyclic) bond motifs is 5. The molecule has 0 aromatic carbocycles. The summed E-state index contributed by atoms with van der Waals surface area (Å²) in [6.45, 7) is 23.5. The average Bonchev–Trinajstić information content (AvgIpc) is 4.02. The van der Waals surface area contributed by atoms with Crippen molar-refractivity contribution in [1.29, 1.82) is 0 Å². The zero-order valence-corrected chi connectivity index (χ0v) is 40.5. The lowest BCUT2D eigenvalue weighted by atomic mass is 9.91. The van der Waals surface area contributed by atoms with Crippen molar-refractivity contribution in [3.63, 3.8) is 0 Å². The molecule has 6 rings (SSSR count). The van der Waals surface area contributed by atoms with E-state index >= 15 is 0 Å². The third-order valence-electron chi connectivity index (χ3n) is 13.8. The molecule has 5 aliphatic rings. The SMILES string of the molecule is C=Cc1c(C)c2[nH]c1=CC1=NC(=C(CC)C1=CO)C=C1N=C3C(=C1C)C(=O)C(C(=O)OC)C3=C1N=C(C=2)C(C)=C1CCC(=O)OC/C=C(\C)CCCC(C)CCCC(C)CCCC(C)C. The fourth-order valence-corrected chi connectivity index (χ4v) is 9.74. The number of hydrogen-bond acceptors (Lipinski definition) is 9. The maximum Gasteiger partial charge on any atom is 0.321 e. The molecule has 0 radical (unpaired) electrons. The van der Waals surface area contributed by atoms with Gasteiger partial charge in [0.15, 0.2) is 5.78 Å². The first-order valence-electron chi connectivity index (χ1n) is 23.8. The van der Waals surface area contributed by atoms with Gasteiger partial charge in [0.1, 0.15) is 12.5 Å². The number of allylic oxidation sites excluding steroid dienone is 8. The van der Waals surface area contributed by atoms with Crippen LogP contribution in [0.4, 0.5) is 0 Å². The zero-order valence-electron chi connectivity index (χ0n) is 40.5. The highest BCUT2D eigenvalue weighted by Gasteiger charge is 2.50. The average molecular weight is 883 g/mol. The second kappa shape index (κ2) is 21.6. The molecule has 2 N–H and O–H groups in total. The molecule has 1 saturated carbocycles. The van der Waals surface area contributed by atoms with E-state index in [1.54, 1.807) is 6.08 Å². The third kappa shape index (κ3) is 10.7. The van der Waals surface area contributed by atoms with Crippen LogP contribution >= 0.6 is 0 Å². The number of carbonyl (C=O) groups is 3. The Kier molecular flexibility index (Phi) is 16.2. The van der Waals surface area contributed by atoms with E-state index in [2.05, 4.69) is 46.2 Å². The van der Waals surface area contributed by atoms with Gasteiger partial charge < -0.3 is 19.6 Å². The number of methoxy groups -OCH3 is 1. The van der Waals surface area contributed by atoms with Crippen molar-refractivity contribution in [2.75, 3.05) is 13.7 Å². The number of nitrogens with one attached hydrogen (secondary N) is 1. The predicted molar refractivity (Wildman–Crippen MR) is 264 cm³/mol. The van der Waals surface area contributed by atoms with Crippen LogP contribution < -0.4 is 10.7 Å². The maximum atomic E-state index is 14.4. The van der Waals surface area contributed by atoms with Gasteiger partial charge in [-0.05, 0) is 123 Å². The van der Waals surface area contributed by atoms with Gasteiger partial charge in [-0.3, -0.25) is 14.4 Å². The largest absolute Gasteiger partial charge is 0.515 e. The third-order valence-corrected chi connectivity index (χ3v) is 13.8. The first-order chi connectivity index (χ1) is 31.1. The minimum Gasteiger partial charge on any atom is -0.515 e. The highest BCUT2D eigenvalue weighted by atomic mass is 16.5. The van der Waals surface area contributed by atoms with Crippen molar-refractivity contribution >= 4 is 53.1 Å². The van der Waals surface area contributed by atoms with E-state index in [1.165, 1.54) is 57.6 Å². The molecule has 65 heavy (non-hydrogen) atoms. The second-order valence-corrected chi connectivity index (χ2v) is 19.0. The molecule has 5 heterocycles. The van der Waals surface area contributed by atoms with Crippen LogP contribution in [-0.2, 0) is 23.9 Å². The molecular formula is C55H70N4O6. The van der Waals surface area contributed by atoms with Crippen molar-refractivity contribution < 1.29 is 29.0 Å². The Hall–Kier alpha value is -5.64. The zero-order chi connectivity index (χ0) is 47.1. The standard InChI is InChI=1S/C55H70N4O6/c1-12-38-35(8)42-27-43-36(9)40(23-24-48(61)65-26-25-34(7)22-16-21-33(6)20-15-19-32(5)18-14-17-31(3)4)52(58-43)50-51(55(63)64-11)54(62)49-37(10)44(59-53(49)50)28-46-39(13-2)41(30-60)47(57-46)29-45(38)56-42/h12,25,27-33,51,56,60H,1,13-24,26H2,2-11H3/b34-25+,41-30?,42-27?,44-28?,45-29?,52-50?. The number of nitrogens with zero attached hydrogens (tertiary/aromatic N) is 3. The Morgan fingerprint density at radius 2 is 1.55 bits per heavy atom. The second-order valence-electron chi connectivity index (χ2n) is 19.0. The Balaban J connectivity index is 1.24. The van der Waals surface area contributed by atoms with Crippen LogP contribution in [0, 0.1) is 30.6 Å². The van der Waals surface area contributed by atoms with Gasteiger partial charge in [0.05, 0.1) is 47.6 Å². The summed E-state index contributed by atoms with van der Waals surface area (Å²) in [7, 11) is 1.27. The highest BCUT2D eigenvalue weighted by Crippen LogP contribution is 2.46. The molecular weight excluding hydrogens is 813 g/mol. The molecule has 1 fully saturated rings. The fraction of sp³-hybridized carbons (Fsp3) is 0.491. The smallest absolute Gasteiger partial charge is 0.321 e. The van der Waals surface area contributed by atoms with Gasteiger partial charge in [0.2, 0.25) is 0 Å². The number of ether oxygens (including phenoxy) is 2. The van der Waals surface area contributed by atoms with Crippen LogP contribution in [0.2, 0.25) is 0 Å². The van der Waals surface area contributed by atoms with Gasteiger partial charge in [-0.1, -0.05) is 97.8 Å². The van der Waals surface area contributed by atoms with Crippen LogP contribution in [0.5, 0.6) is 0 Å². The van der Waals surface area contributed by atoms with E-state index in [4.69, 9.17) is 24.5 Å². The number of rotatable bonds is 20. The molecule has 1 aromatic heterocycles. The fourth-order valence-electron chi connectivity index (χ4n) is 9.74. The Morgan fingerprint density at radius 1 is 0.877 bits per heavy atom. The first kappa shape index (κ1) is 48.8. The number of aliphatic imine (C=N–C) groups is 3. The van der Waals surface area contributed by atoms with Crippen LogP contribution in [0.1, 0.15) is 144 Å². The van der Waals surface area contributed by atoms with Gasteiger partial charge >= 0.3 is 11.9 Å². The number of hydrogen-bond donors (Lipinski definition) is 2. The number of esters is 2. The number of H-pyrrole nitrogens is 1. The van der Waals surface area contributed by atoms with Gasteiger partial charge in [0.25, 0.3) is 0 Å². The van der Waals surface area contributed by atoms with Crippen molar-refractivity contribution in [3.05, 3.63) is 108 Å². The van der Waals surface area contributed by atoms with Gasteiger partial charge in [-0.2, -0.15) is 0 Å². The summed E-state index contributed by atoms with van der Waals surface area (Å²) in [4.78, 5) is 60.0. The van der Waals surface area contributed by atoms with Gasteiger partial charge in [0, 0.05) is 39.4 Å². The Labute approximate surface area is 386 Å². The summed E-state index contributed by atoms with van der Waals surface area (Å²) < 4.78 is 11.0. The Bertz CT molecular complexity index is 2570. The summed E-state index contributed by atoms with van der Waals surface area (Å²) in [5, 5.41) is 12.0. The molecule has 346 valence electrons. The van der Waals surface area contributed by atoms with Gasteiger partial charge in [-0.25, -0.2) is 15.0 Å². The molecule has 0 spiro atoms. The quantitative estimate of drug-likeness (QED) is 0.0578. The molecule has 8 bridgehead atoms. The molecule has 4 aliphatic heterocycles. The van der Waals surface area contributed by atoms with E-state index in [0.29, 0.717) is 68.9 Å². The molecule has 1 aliphatic carbocycles. The number of aliphatic hydroxyl groups is 1. The summed E-state index contributed by atoms with van der Waals surface area (Å²) in [6.07, 6.45) is 22.6. The maximum absolute atomic E-state index is 14.4. The van der Waals surface area contributed by atoms with Gasteiger partial charge in [-0.15, -0.1) is 0 Å². The van der Waals surface area contributed by atoms with Crippen molar-refractivity contribution in [2.45, 2.75) is 139 Å². The Morgan fingerprint density at radius 3 is 2.20 bits per heavy atom. The van der Waals surface area contributed by atoms with E-state index in [9.17, 15) is 19.5 Å². The van der Waals surface area contributed by atoms with Crippen molar-refractivity contribution in [3.8, 4) is 0 Å². The molecule has 10 heteroatoms. The number of ketones is 1. The minimum absolute atomic E-state index is 0.0687. The molecule has 1 aromatic rings. The normalized spacial score (nSPS) is 19.7. The number of aromatic nitrogens is 1.